The highest BCUT2D eigenvalue weighted by molar-refractivity contribution is 7.09. The number of aryl methyl sites for hydroxylation is 1. The van der Waals surface area contributed by atoms with E-state index in [2.05, 4.69) is 36.7 Å². The summed E-state index contributed by atoms with van der Waals surface area (Å²) in [4.78, 5) is 1.55. The van der Waals surface area contributed by atoms with Gasteiger partial charge in [-0.25, -0.2) is 0 Å². The molecule has 1 atom stereocenters. The Morgan fingerprint density at radius 2 is 2.05 bits per heavy atom. The molecule has 0 spiro atoms. The lowest BCUT2D eigenvalue weighted by atomic mass is 9.76. The second kappa shape index (κ2) is 9.63. The predicted octanol–water partition coefficient (Wildman–Crippen LogP) is 5.66. The summed E-state index contributed by atoms with van der Waals surface area (Å²) in [6.07, 6.45) is 12.7. The van der Waals surface area contributed by atoms with Gasteiger partial charge in [0, 0.05) is 10.9 Å². The van der Waals surface area contributed by atoms with E-state index in [-0.39, 0.29) is 0 Å². The lowest BCUT2D eigenvalue weighted by Crippen LogP contribution is -2.38. The Balaban J connectivity index is 1.76. The number of hydrogen-bond donors (Lipinski definition) is 1. The van der Waals surface area contributed by atoms with Gasteiger partial charge in [-0.1, -0.05) is 52.0 Å². The highest BCUT2D eigenvalue weighted by Crippen LogP contribution is 2.34. The Hall–Kier alpha value is -0.340. The van der Waals surface area contributed by atoms with Gasteiger partial charge in [0.1, 0.15) is 0 Å². The third kappa shape index (κ3) is 5.75. The van der Waals surface area contributed by atoms with Gasteiger partial charge in [0.15, 0.2) is 0 Å². The third-order valence-electron chi connectivity index (χ3n) is 5.17. The van der Waals surface area contributed by atoms with Crippen LogP contribution in [-0.4, -0.2) is 12.6 Å². The number of rotatable bonds is 9. The monoisotopic (exact) mass is 307 g/mol. The molecule has 0 radical (unpaired) electrons. The first-order valence-corrected chi connectivity index (χ1v) is 9.97. The van der Waals surface area contributed by atoms with Crippen molar-refractivity contribution in [2.45, 2.75) is 77.7 Å². The minimum absolute atomic E-state index is 0.740. The standard InChI is InChI=1S/C19H33NS/c1-3-5-7-16-9-11-17(12-10-16)19(20-4-2)14-13-18-8-6-15-21-18/h6,8,15-17,19-20H,3-5,7,9-14H2,1-2H3. The first kappa shape index (κ1) is 17.0. The van der Waals surface area contributed by atoms with Crippen LogP contribution in [0.4, 0.5) is 0 Å². The highest BCUT2D eigenvalue weighted by atomic mass is 32.1. The molecule has 0 aromatic carbocycles. The Kier molecular flexibility index (Phi) is 7.81. The van der Waals surface area contributed by atoms with Crippen LogP contribution in [0.5, 0.6) is 0 Å². The van der Waals surface area contributed by atoms with Crippen LogP contribution in [-0.2, 0) is 6.42 Å². The van der Waals surface area contributed by atoms with E-state index in [1.807, 2.05) is 11.3 Å². The molecule has 1 aliphatic carbocycles. The van der Waals surface area contributed by atoms with Crippen molar-refractivity contribution in [1.82, 2.24) is 5.32 Å². The largest absolute Gasteiger partial charge is 0.314 e. The summed E-state index contributed by atoms with van der Waals surface area (Å²) in [5, 5.41) is 5.98. The normalized spacial score (nSPS) is 24.1. The number of unbranched alkanes of at least 4 members (excludes halogenated alkanes) is 1. The molecule has 0 aliphatic heterocycles. The molecule has 1 N–H and O–H groups in total. The van der Waals surface area contributed by atoms with Crippen molar-refractivity contribution in [2.75, 3.05) is 6.54 Å². The Labute approximate surface area is 135 Å². The van der Waals surface area contributed by atoms with Gasteiger partial charge in [-0.05, 0) is 55.5 Å². The molecule has 120 valence electrons. The first-order valence-electron chi connectivity index (χ1n) is 9.09. The number of thiophene rings is 1. The molecule has 2 rings (SSSR count). The molecular weight excluding hydrogens is 274 g/mol. The second-order valence-corrected chi connectivity index (χ2v) is 7.74. The fourth-order valence-electron chi connectivity index (χ4n) is 3.89. The number of nitrogens with one attached hydrogen (secondary N) is 1. The van der Waals surface area contributed by atoms with Gasteiger partial charge in [-0.3, -0.25) is 0 Å². The molecule has 1 saturated carbocycles. The topological polar surface area (TPSA) is 12.0 Å². The van der Waals surface area contributed by atoms with E-state index >= 15 is 0 Å². The van der Waals surface area contributed by atoms with E-state index < -0.39 is 0 Å². The van der Waals surface area contributed by atoms with E-state index in [0.717, 1.165) is 24.4 Å². The summed E-state index contributed by atoms with van der Waals surface area (Å²) in [6, 6.07) is 5.21. The van der Waals surface area contributed by atoms with Crippen LogP contribution in [0.1, 0.15) is 70.1 Å². The summed E-state index contributed by atoms with van der Waals surface area (Å²) in [5.41, 5.74) is 0. The minimum Gasteiger partial charge on any atom is -0.314 e. The van der Waals surface area contributed by atoms with E-state index in [4.69, 9.17) is 0 Å². The van der Waals surface area contributed by atoms with E-state index in [1.165, 1.54) is 57.8 Å². The molecule has 0 amide bonds. The smallest absolute Gasteiger partial charge is 0.00986 e. The summed E-state index contributed by atoms with van der Waals surface area (Å²) in [5.74, 6) is 1.95. The quantitative estimate of drug-likeness (QED) is 0.621. The maximum Gasteiger partial charge on any atom is 0.00986 e. The van der Waals surface area contributed by atoms with Gasteiger partial charge in [-0.15, -0.1) is 11.3 Å². The molecule has 21 heavy (non-hydrogen) atoms. The van der Waals surface area contributed by atoms with Crippen molar-refractivity contribution in [1.29, 1.82) is 0 Å². The molecule has 1 aliphatic rings. The molecule has 1 fully saturated rings. The van der Waals surface area contributed by atoms with Crippen LogP contribution in [0.3, 0.4) is 0 Å². The Bertz CT molecular complexity index is 352. The van der Waals surface area contributed by atoms with Gasteiger partial charge in [0.05, 0.1) is 0 Å². The van der Waals surface area contributed by atoms with E-state index in [9.17, 15) is 0 Å². The lowest BCUT2D eigenvalue weighted by molar-refractivity contribution is 0.207. The zero-order valence-electron chi connectivity index (χ0n) is 13.9. The molecule has 0 bridgehead atoms. The summed E-state index contributed by atoms with van der Waals surface area (Å²) >= 11 is 1.91. The van der Waals surface area contributed by atoms with Crippen molar-refractivity contribution < 1.29 is 0 Å². The minimum atomic E-state index is 0.740. The van der Waals surface area contributed by atoms with Crippen LogP contribution < -0.4 is 5.32 Å². The molecule has 0 saturated heterocycles. The fourth-order valence-corrected chi connectivity index (χ4v) is 4.62. The summed E-state index contributed by atoms with van der Waals surface area (Å²) < 4.78 is 0. The predicted molar refractivity (Wildman–Crippen MR) is 95.1 cm³/mol. The Morgan fingerprint density at radius 1 is 1.24 bits per heavy atom. The first-order chi connectivity index (χ1) is 10.3. The van der Waals surface area contributed by atoms with Crippen molar-refractivity contribution in [3.8, 4) is 0 Å². The van der Waals surface area contributed by atoms with E-state index in [0.29, 0.717) is 0 Å². The average Bonchev–Trinajstić information content (AvgIpc) is 3.03. The highest BCUT2D eigenvalue weighted by Gasteiger charge is 2.26. The maximum absolute atomic E-state index is 3.78. The van der Waals surface area contributed by atoms with Crippen molar-refractivity contribution in [3.05, 3.63) is 22.4 Å². The van der Waals surface area contributed by atoms with Gasteiger partial charge in [0.2, 0.25) is 0 Å². The van der Waals surface area contributed by atoms with Crippen LogP contribution >= 0.6 is 11.3 Å². The van der Waals surface area contributed by atoms with Gasteiger partial charge in [0.25, 0.3) is 0 Å². The van der Waals surface area contributed by atoms with Crippen LogP contribution in [0.25, 0.3) is 0 Å². The molecule has 1 unspecified atom stereocenters. The van der Waals surface area contributed by atoms with E-state index in [1.54, 1.807) is 4.88 Å². The molecule has 1 aromatic rings. The fraction of sp³-hybridized carbons (Fsp3) is 0.789. The van der Waals surface area contributed by atoms with Crippen molar-refractivity contribution >= 4 is 11.3 Å². The Morgan fingerprint density at radius 3 is 2.67 bits per heavy atom. The van der Waals surface area contributed by atoms with Crippen LogP contribution in [0.15, 0.2) is 17.5 Å². The summed E-state index contributed by atoms with van der Waals surface area (Å²) in [7, 11) is 0. The molecule has 1 nitrogen and oxygen atoms in total. The molecule has 2 heteroatoms. The van der Waals surface area contributed by atoms with Crippen molar-refractivity contribution in [2.24, 2.45) is 11.8 Å². The molecular formula is C19H33NS. The zero-order chi connectivity index (χ0) is 14.9. The molecule has 1 heterocycles. The number of hydrogen-bond acceptors (Lipinski definition) is 2. The maximum atomic E-state index is 3.78. The van der Waals surface area contributed by atoms with Crippen LogP contribution in [0, 0.1) is 11.8 Å². The third-order valence-corrected chi connectivity index (χ3v) is 6.11. The van der Waals surface area contributed by atoms with Gasteiger partial charge in [-0.2, -0.15) is 0 Å². The van der Waals surface area contributed by atoms with Gasteiger partial charge >= 0.3 is 0 Å². The lowest BCUT2D eigenvalue weighted by Gasteiger charge is -2.34. The van der Waals surface area contributed by atoms with Crippen LogP contribution in [0.2, 0.25) is 0 Å². The second-order valence-electron chi connectivity index (χ2n) is 6.71. The van der Waals surface area contributed by atoms with Crippen molar-refractivity contribution in [3.63, 3.8) is 0 Å². The van der Waals surface area contributed by atoms with Gasteiger partial charge < -0.3 is 5.32 Å². The average molecular weight is 308 g/mol. The summed E-state index contributed by atoms with van der Waals surface area (Å²) in [6.45, 7) is 5.69. The zero-order valence-corrected chi connectivity index (χ0v) is 14.8. The molecule has 1 aromatic heterocycles. The SMILES string of the molecule is CCCCC1CCC(C(CCc2cccs2)NCC)CC1.